The van der Waals surface area contributed by atoms with Crippen molar-refractivity contribution in [3.05, 3.63) is 43.3 Å². The molecule has 3 heterocycles. The maximum atomic E-state index is 4.33. The van der Waals surface area contributed by atoms with Gasteiger partial charge >= 0.3 is 0 Å². The van der Waals surface area contributed by atoms with Crippen molar-refractivity contribution in [3.63, 3.8) is 0 Å². The van der Waals surface area contributed by atoms with E-state index in [0.29, 0.717) is 0 Å². The lowest BCUT2D eigenvalue weighted by Gasteiger charge is -1.86. The van der Waals surface area contributed by atoms with Gasteiger partial charge in [0, 0.05) is 12.4 Å². The van der Waals surface area contributed by atoms with E-state index in [1.54, 1.807) is 37.1 Å². The first-order valence-corrected chi connectivity index (χ1v) is 4.05. The fraction of sp³-hybridized carbons (Fsp3) is 0. The molecule has 1 aliphatic heterocycles. The van der Waals surface area contributed by atoms with Crippen molar-refractivity contribution in [2.75, 3.05) is 0 Å². The Labute approximate surface area is 85.7 Å². The highest BCUT2D eigenvalue weighted by Gasteiger charge is 1.74. The first kappa shape index (κ1) is 10.7. The Balaban J connectivity index is 0.000000112. The summed E-state index contributed by atoms with van der Waals surface area (Å²) in [5.74, 6) is 0. The normalized spacial score (nSPS) is 11.2. The molecular weight excluding hydrogens is 198 g/mol. The summed E-state index contributed by atoms with van der Waals surface area (Å²) in [7, 11) is 0. The average molecular weight is 209 g/mol. The third-order valence-electron chi connectivity index (χ3n) is 1.07. The van der Waals surface area contributed by atoms with Crippen LogP contribution in [0.2, 0.25) is 0 Å². The van der Waals surface area contributed by atoms with Crippen LogP contribution in [0.25, 0.3) is 0 Å². The molecule has 0 aromatic carbocycles. The van der Waals surface area contributed by atoms with Crippen LogP contribution < -0.4 is 16.4 Å². The molecule has 1 aliphatic rings. The molecule has 0 saturated carbocycles. The number of hydrazine groups is 2. The molecule has 0 amide bonds. The highest BCUT2D eigenvalue weighted by Crippen LogP contribution is 1.72. The zero-order valence-corrected chi connectivity index (χ0v) is 7.79. The van der Waals surface area contributed by atoms with Crippen molar-refractivity contribution in [1.82, 2.24) is 37.0 Å². The Bertz CT molecular complexity index is 250. The van der Waals surface area contributed by atoms with Crippen molar-refractivity contribution in [3.8, 4) is 0 Å². The van der Waals surface area contributed by atoms with Crippen molar-refractivity contribution in [2.24, 2.45) is 0 Å². The molecule has 0 spiro atoms. The van der Waals surface area contributed by atoms with Crippen LogP contribution in [-0.4, -0.2) is 20.6 Å². The third-order valence-corrected chi connectivity index (χ3v) is 1.07. The van der Waals surface area contributed by atoms with Crippen LogP contribution in [0.1, 0.15) is 0 Å². The highest BCUT2D eigenvalue weighted by atomic mass is 16.5. The van der Waals surface area contributed by atoms with Gasteiger partial charge in [-0.1, -0.05) is 5.16 Å². The monoisotopic (exact) mass is 209 g/mol. The predicted molar refractivity (Wildman–Crippen MR) is 51.4 cm³/mol. The zero-order chi connectivity index (χ0) is 10.6. The number of hydrogen-bond donors (Lipinski definition) is 4. The second-order valence-electron chi connectivity index (χ2n) is 2.09. The fourth-order valence-electron chi connectivity index (χ4n) is 0.551. The number of hydrogen-bond acceptors (Lipinski definition) is 7. The Morgan fingerprint density at radius 2 is 1.67 bits per heavy atom. The molecule has 0 unspecified atom stereocenters. The van der Waals surface area contributed by atoms with Crippen LogP contribution in [0.5, 0.6) is 0 Å². The average Bonchev–Trinajstić information content (AvgIpc) is 3.09. The first-order valence-electron chi connectivity index (χ1n) is 4.05. The van der Waals surface area contributed by atoms with E-state index in [4.69, 9.17) is 0 Å². The van der Waals surface area contributed by atoms with E-state index in [1.165, 1.54) is 6.26 Å². The molecule has 0 fully saturated rings. The molecule has 0 bridgehead atoms. The van der Waals surface area contributed by atoms with Crippen LogP contribution in [0.3, 0.4) is 0 Å². The topological polar surface area (TPSA) is 104 Å². The maximum Gasteiger partial charge on any atom is 0.123 e. The summed E-state index contributed by atoms with van der Waals surface area (Å²) in [6.45, 7) is 0. The third kappa shape index (κ3) is 6.78. The van der Waals surface area contributed by atoms with Crippen molar-refractivity contribution >= 4 is 0 Å². The summed E-state index contributed by atoms with van der Waals surface area (Å²) in [6, 6.07) is 1.72. The number of aromatic nitrogens is 4. The van der Waals surface area contributed by atoms with Gasteiger partial charge in [0.25, 0.3) is 0 Å². The lowest BCUT2D eigenvalue weighted by Crippen LogP contribution is -2.29. The van der Waals surface area contributed by atoms with Gasteiger partial charge < -0.3 is 15.4 Å². The van der Waals surface area contributed by atoms with Crippen LogP contribution in [0, 0.1) is 0 Å². The highest BCUT2D eigenvalue weighted by molar-refractivity contribution is 4.77. The number of aromatic amines is 1. The Morgan fingerprint density at radius 1 is 0.933 bits per heavy atom. The van der Waals surface area contributed by atoms with E-state index >= 15 is 0 Å². The molecule has 4 N–H and O–H groups in total. The smallest absolute Gasteiger partial charge is 0.123 e. The van der Waals surface area contributed by atoms with Gasteiger partial charge in [0.15, 0.2) is 0 Å². The second-order valence-corrected chi connectivity index (χ2v) is 2.09. The van der Waals surface area contributed by atoms with E-state index in [1.807, 2.05) is 0 Å². The fourth-order valence-corrected chi connectivity index (χ4v) is 0.551. The standard InChI is InChI=1S/C3H3NO.C2H5N3.C2H3N3/c3*1-2-4-5-3-1/h1-3H;1-5H;1-2H,(H,3,4,5). The summed E-state index contributed by atoms with van der Waals surface area (Å²) in [5.41, 5.74) is 7.97. The van der Waals surface area contributed by atoms with Gasteiger partial charge in [0.1, 0.15) is 6.26 Å². The quantitative estimate of drug-likeness (QED) is 0.466. The van der Waals surface area contributed by atoms with E-state index in [9.17, 15) is 0 Å². The molecule has 3 rings (SSSR count). The van der Waals surface area contributed by atoms with E-state index < -0.39 is 0 Å². The lowest BCUT2D eigenvalue weighted by molar-refractivity contribution is 0.420. The molecule has 0 aliphatic carbocycles. The van der Waals surface area contributed by atoms with Crippen LogP contribution in [0.15, 0.2) is 47.8 Å². The molecule has 2 aromatic rings. The minimum Gasteiger partial charge on any atom is -0.365 e. The van der Waals surface area contributed by atoms with Crippen LogP contribution >= 0.6 is 0 Å². The summed E-state index contributed by atoms with van der Waals surface area (Å²) < 4.78 is 4.33. The van der Waals surface area contributed by atoms with Crippen LogP contribution in [-0.2, 0) is 0 Å². The molecule has 15 heavy (non-hydrogen) atoms. The predicted octanol–water partition coefficient (Wildman–Crippen LogP) is -0.451. The SMILES string of the molecule is C1=CNNN1.c1cn[nH]n1.c1cnoc1. The number of nitrogens with one attached hydrogen (secondary N) is 4. The van der Waals surface area contributed by atoms with Gasteiger partial charge in [-0.05, 0) is 6.07 Å². The Morgan fingerprint density at radius 3 is 1.87 bits per heavy atom. The minimum absolute atomic E-state index is 1.51. The summed E-state index contributed by atoms with van der Waals surface area (Å²) >= 11 is 0. The number of rotatable bonds is 0. The van der Waals surface area contributed by atoms with Gasteiger partial charge in [-0.15, -0.1) is 0 Å². The minimum atomic E-state index is 1.51. The summed E-state index contributed by atoms with van der Waals surface area (Å²) in [4.78, 5) is 0. The lowest BCUT2D eigenvalue weighted by atomic mass is 10.8. The van der Waals surface area contributed by atoms with Crippen molar-refractivity contribution in [2.45, 2.75) is 0 Å². The number of nitrogens with zero attached hydrogens (tertiary/aromatic N) is 3. The van der Waals surface area contributed by atoms with Gasteiger partial charge in [-0.2, -0.15) is 20.9 Å². The second kappa shape index (κ2) is 8.26. The zero-order valence-electron chi connectivity index (χ0n) is 7.79. The summed E-state index contributed by atoms with van der Waals surface area (Å²) in [6.07, 6.45) is 9.79. The molecular formula is C7H11N7O. The van der Waals surface area contributed by atoms with Gasteiger partial charge in [-0.3, -0.25) is 0 Å². The molecule has 8 nitrogen and oxygen atoms in total. The summed E-state index contributed by atoms with van der Waals surface area (Å²) in [5, 5.41) is 12.7. The maximum absolute atomic E-state index is 4.33. The van der Waals surface area contributed by atoms with Crippen molar-refractivity contribution < 1.29 is 4.52 Å². The largest absolute Gasteiger partial charge is 0.365 e. The van der Waals surface area contributed by atoms with Gasteiger partial charge in [0.05, 0.1) is 18.6 Å². The Kier molecular flexibility index (Phi) is 5.91. The van der Waals surface area contributed by atoms with Gasteiger partial charge in [0.2, 0.25) is 0 Å². The van der Waals surface area contributed by atoms with Gasteiger partial charge in [-0.25, -0.2) is 0 Å². The first-order chi connectivity index (χ1) is 7.50. The van der Waals surface area contributed by atoms with Crippen molar-refractivity contribution in [1.29, 1.82) is 0 Å². The molecule has 2 aromatic heterocycles. The molecule has 0 atom stereocenters. The molecule has 80 valence electrons. The Hall–Kier alpha value is -2.35. The molecule has 0 saturated heterocycles. The number of H-pyrrole nitrogens is 1. The molecule has 0 radical (unpaired) electrons. The van der Waals surface area contributed by atoms with E-state index in [0.717, 1.165) is 0 Å². The van der Waals surface area contributed by atoms with E-state index in [2.05, 4.69) is 41.5 Å². The van der Waals surface area contributed by atoms with E-state index in [-0.39, 0.29) is 0 Å². The van der Waals surface area contributed by atoms with Crippen LogP contribution in [0.4, 0.5) is 0 Å². The molecule has 8 heteroatoms.